The first kappa shape index (κ1) is 17.7. The van der Waals surface area contributed by atoms with Gasteiger partial charge < -0.3 is 5.32 Å². The lowest BCUT2D eigenvalue weighted by Crippen LogP contribution is -2.17. The molecular formula is C15H24N2O3S. The average molecular weight is 312 g/mol. The molecule has 0 aliphatic carbocycles. The maximum atomic E-state index is 11.9. The number of anilines is 1. The molecule has 1 rings (SSSR count). The summed E-state index contributed by atoms with van der Waals surface area (Å²) >= 11 is 0. The van der Waals surface area contributed by atoms with Gasteiger partial charge in [0.15, 0.2) is 0 Å². The first-order chi connectivity index (χ1) is 9.83. The predicted octanol–water partition coefficient (Wildman–Crippen LogP) is 2.59. The van der Waals surface area contributed by atoms with Crippen LogP contribution < -0.4 is 10.5 Å². The van der Waals surface area contributed by atoms with Crippen LogP contribution in [0.3, 0.4) is 0 Å². The molecule has 0 fully saturated rings. The largest absolute Gasteiger partial charge is 0.326 e. The minimum atomic E-state index is -3.74. The Bertz CT molecular complexity index is 584. The summed E-state index contributed by atoms with van der Waals surface area (Å²) in [5, 5.41) is 8.13. The highest BCUT2D eigenvalue weighted by molar-refractivity contribution is 7.89. The van der Waals surface area contributed by atoms with Gasteiger partial charge in [-0.25, -0.2) is 13.6 Å². The fourth-order valence-corrected chi connectivity index (χ4v) is 2.77. The van der Waals surface area contributed by atoms with Crippen LogP contribution in [0.2, 0.25) is 0 Å². The number of benzene rings is 1. The van der Waals surface area contributed by atoms with Gasteiger partial charge >= 0.3 is 0 Å². The van der Waals surface area contributed by atoms with E-state index in [0.29, 0.717) is 19.3 Å². The zero-order valence-corrected chi connectivity index (χ0v) is 13.7. The van der Waals surface area contributed by atoms with E-state index in [0.717, 1.165) is 29.7 Å². The molecule has 0 heterocycles. The summed E-state index contributed by atoms with van der Waals surface area (Å²) in [6, 6.07) is 3.09. The molecule has 0 spiro atoms. The van der Waals surface area contributed by atoms with Gasteiger partial charge in [-0.2, -0.15) is 0 Å². The minimum absolute atomic E-state index is 0.0374. The topological polar surface area (TPSA) is 89.3 Å². The van der Waals surface area contributed by atoms with Gasteiger partial charge in [0.05, 0.1) is 4.90 Å². The van der Waals surface area contributed by atoms with Crippen molar-refractivity contribution in [1.82, 2.24) is 0 Å². The average Bonchev–Trinajstić information content (AvgIpc) is 2.43. The van der Waals surface area contributed by atoms with Crippen molar-refractivity contribution < 1.29 is 13.2 Å². The quantitative estimate of drug-likeness (QED) is 0.811. The molecule has 3 N–H and O–H groups in total. The lowest BCUT2D eigenvalue weighted by Gasteiger charge is -2.16. The van der Waals surface area contributed by atoms with Gasteiger partial charge in [0.2, 0.25) is 15.9 Å². The Morgan fingerprint density at radius 3 is 2.05 bits per heavy atom. The second kappa shape index (κ2) is 7.56. The molecule has 0 atom stereocenters. The molecule has 1 amide bonds. The van der Waals surface area contributed by atoms with Crippen molar-refractivity contribution in [3.05, 3.63) is 23.3 Å². The molecule has 5 nitrogen and oxygen atoms in total. The lowest BCUT2D eigenvalue weighted by molar-refractivity contribution is -0.116. The first-order valence-corrected chi connectivity index (χ1v) is 8.86. The number of amides is 1. The number of carbonyl (C=O) groups excluding carboxylic acids is 1. The highest BCUT2D eigenvalue weighted by Crippen LogP contribution is 2.27. The smallest absolute Gasteiger partial charge is 0.238 e. The SMILES string of the molecule is CCCCC(=O)Nc1c(CC)cc(S(N)(=O)=O)cc1CC. The highest BCUT2D eigenvalue weighted by Gasteiger charge is 2.16. The van der Waals surface area contributed by atoms with Crippen molar-refractivity contribution in [1.29, 1.82) is 0 Å². The van der Waals surface area contributed by atoms with Gasteiger partial charge in [-0.1, -0.05) is 27.2 Å². The lowest BCUT2D eigenvalue weighted by atomic mass is 10.0. The van der Waals surface area contributed by atoms with E-state index < -0.39 is 10.0 Å². The molecule has 0 aliphatic rings. The summed E-state index contributed by atoms with van der Waals surface area (Å²) in [6.45, 7) is 5.87. The molecule has 1 aromatic rings. The molecule has 0 unspecified atom stereocenters. The molecule has 6 heteroatoms. The van der Waals surface area contributed by atoms with Gasteiger partial charge in [-0.15, -0.1) is 0 Å². The zero-order valence-electron chi connectivity index (χ0n) is 12.9. The van der Waals surface area contributed by atoms with E-state index in [1.165, 1.54) is 0 Å². The van der Waals surface area contributed by atoms with E-state index in [1.54, 1.807) is 12.1 Å². The first-order valence-electron chi connectivity index (χ1n) is 7.31. The van der Waals surface area contributed by atoms with E-state index in [2.05, 4.69) is 5.32 Å². The van der Waals surface area contributed by atoms with Crippen LogP contribution in [0, 0.1) is 0 Å². The van der Waals surface area contributed by atoms with Gasteiger partial charge in [-0.05, 0) is 42.5 Å². The van der Waals surface area contributed by atoms with Crippen LogP contribution >= 0.6 is 0 Å². The maximum Gasteiger partial charge on any atom is 0.238 e. The van der Waals surface area contributed by atoms with Crippen LogP contribution in [0.4, 0.5) is 5.69 Å². The summed E-state index contributed by atoms with van der Waals surface area (Å²) in [5.41, 5.74) is 2.32. The maximum absolute atomic E-state index is 11.9. The number of aryl methyl sites for hydroxylation is 2. The third-order valence-electron chi connectivity index (χ3n) is 3.39. The Kier molecular flexibility index (Phi) is 6.36. The van der Waals surface area contributed by atoms with Crippen LogP contribution in [-0.4, -0.2) is 14.3 Å². The van der Waals surface area contributed by atoms with Crippen molar-refractivity contribution in [2.24, 2.45) is 5.14 Å². The number of nitrogens with one attached hydrogen (secondary N) is 1. The summed E-state index contributed by atoms with van der Waals surface area (Å²) in [7, 11) is -3.74. The predicted molar refractivity (Wildman–Crippen MR) is 84.7 cm³/mol. The van der Waals surface area contributed by atoms with Gasteiger partial charge in [0, 0.05) is 12.1 Å². The summed E-state index contributed by atoms with van der Waals surface area (Å²) in [6.07, 6.45) is 3.52. The number of primary sulfonamides is 1. The van der Waals surface area contributed by atoms with E-state index in [9.17, 15) is 13.2 Å². The van der Waals surface area contributed by atoms with Crippen LogP contribution in [-0.2, 0) is 27.7 Å². The third-order valence-corrected chi connectivity index (χ3v) is 4.28. The molecule has 0 aromatic heterocycles. The van der Waals surface area contributed by atoms with Crippen LogP contribution in [0.1, 0.15) is 51.2 Å². The molecule has 1 aromatic carbocycles. The second-order valence-corrected chi connectivity index (χ2v) is 6.58. The Hall–Kier alpha value is -1.40. The number of carbonyl (C=O) groups is 1. The molecule has 0 radical (unpaired) electrons. The molecular weight excluding hydrogens is 288 g/mol. The number of hydrogen-bond donors (Lipinski definition) is 2. The molecule has 21 heavy (non-hydrogen) atoms. The Morgan fingerprint density at radius 1 is 1.14 bits per heavy atom. The number of rotatable bonds is 7. The number of sulfonamides is 1. The van der Waals surface area contributed by atoms with E-state index in [1.807, 2.05) is 20.8 Å². The van der Waals surface area contributed by atoms with Crippen molar-refractivity contribution in [3.63, 3.8) is 0 Å². The standard InChI is InChI=1S/C15H24N2O3S/c1-4-7-8-14(18)17-15-11(5-2)9-13(21(16,19)20)10-12(15)6-3/h9-10H,4-8H2,1-3H3,(H,17,18)(H2,16,19,20). The molecule has 0 saturated carbocycles. The Labute approximate surface area is 127 Å². The number of unbranched alkanes of at least 4 members (excludes halogenated alkanes) is 1. The molecule has 0 aliphatic heterocycles. The van der Waals surface area contributed by atoms with Gasteiger partial charge in [-0.3, -0.25) is 4.79 Å². The molecule has 0 saturated heterocycles. The third kappa shape index (κ3) is 4.82. The second-order valence-electron chi connectivity index (χ2n) is 5.02. The number of nitrogens with two attached hydrogens (primary N) is 1. The minimum Gasteiger partial charge on any atom is -0.326 e. The molecule has 0 bridgehead atoms. The van der Waals surface area contributed by atoms with Crippen LogP contribution in [0.25, 0.3) is 0 Å². The summed E-state index contributed by atoms with van der Waals surface area (Å²) in [5.74, 6) is -0.0374. The van der Waals surface area contributed by atoms with E-state index >= 15 is 0 Å². The summed E-state index contributed by atoms with van der Waals surface area (Å²) < 4.78 is 23.1. The Balaban J connectivity index is 3.21. The van der Waals surface area contributed by atoms with E-state index in [4.69, 9.17) is 5.14 Å². The normalized spacial score (nSPS) is 11.4. The highest BCUT2D eigenvalue weighted by atomic mass is 32.2. The fourth-order valence-electron chi connectivity index (χ4n) is 2.16. The fraction of sp³-hybridized carbons (Fsp3) is 0.533. The van der Waals surface area contributed by atoms with Crippen molar-refractivity contribution in [2.75, 3.05) is 5.32 Å². The van der Waals surface area contributed by atoms with Crippen LogP contribution in [0.15, 0.2) is 17.0 Å². The van der Waals surface area contributed by atoms with Crippen LogP contribution in [0.5, 0.6) is 0 Å². The zero-order chi connectivity index (χ0) is 16.0. The molecule has 118 valence electrons. The van der Waals surface area contributed by atoms with Gasteiger partial charge in [0.1, 0.15) is 0 Å². The van der Waals surface area contributed by atoms with Crippen molar-refractivity contribution in [2.45, 2.75) is 57.8 Å². The van der Waals surface area contributed by atoms with E-state index in [-0.39, 0.29) is 10.8 Å². The summed E-state index contributed by atoms with van der Waals surface area (Å²) in [4.78, 5) is 12.0. The Morgan fingerprint density at radius 2 is 1.67 bits per heavy atom. The monoisotopic (exact) mass is 312 g/mol. The van der Waals surface area contributed by atoms with Gasteiger partial charge in [0.25, 0.3) is 0 Å². The van der Waals surface area contributed by atoms with Crippen molar-refractivity contribution >= 4 is 21.6 Å². The number of hydrogen-bond acceptors (Lipinski definition) is 3. The van der Waals surface area contributed by atoms with Crippen molar-refractivity contribution in [3.8, 4) is 0 Å².